The Morgan fingerprint density at radius 2 is 1.68 bits per heavy atom. The van der Waals surface area contributed by atoms with Gasteiger partial charge in [-0.05, 0) is 68.1 Å². The lowest BCUT2D eigenvalue weighted by Crippen LogP contribution is -2.60. The molecular weight excluding hydrogens is 232 g/mol. The van der Waals surface area contributed by atoms with Crippen molar-refractivity contribution in [1.82, 2.24) is 10.2 Å². The Kier molecular flexibility index (Phi) is 2.80. The van der Waals surface area contributed by atoms with E-state index in [1.54, 1.807) is 32.1 Å². The molecule has 5 aliphatic rings. The topological polar surface area (TPSA) is 15.3 Å². The van der Waals surface area contributed by atoms with Crippen LogP contribution in [0.4, 0.5) is 0 Å². The zero-order chi connectivity index (χ0) is 13.1. The zero-order valence-corrected chi connectivity index (χ0v) is 12.8. The van der Waals surface area contributed by atoms with Crippen LogP contribution in [0.1, 0.15) is 52.4 Å². The Balaban J connectivity index is 1.59. The van der Waals surface area contributed by atoms with Gasteiger partial charge in [-0.25, -0.2) is 0 Å². The van der Waals surface area contributed by atoms with Gasteiger partial charge in [0, 0.05) is 32.2 Å². The standard InChI is InChI=1S/C17H30N2/c1-13(19-5-3-18-4-6-19)17-10-14-7-15(11-17)9-16(2,8-14)12-17/h13-15,18H,3-12H2,1-2H3. The number of hydrogen-bond acceptors (Lipinski definition) is 2. The third kappa shape index (κ3) is 1.98. The minimum Gasteiger partial charge on any atom is -0.314 e. The van der Waals surface area contributed by atoms with Crippen LogP contribution in [0.15, 0.2) is 0 Å². The van der Waals surface area contributed by atoms with Gasteiger partial charge in [0.15, 0.2) is 0 Å². The monoisotopic (exact) mass is 262 g/mol. The molecule has 2 heteroatoms. The summed E-state index contributed by atoms with van der Waals surface area (Å²) in [4.78, 5) is 2.80. The Morgan fingerprint density at radius 1 is 1.05 bits per heavy atom. The van der Waals surface area contributed by atoms with Gasteiger partial charge in [0.2, 0.25) is 0 Å². The highest BCUT2D eigenvalue weighted by Crippen LogP contribution is 2.66. The molecule has 4 aliphatic carbocycles. The molecule has 4 bridgehead atoms. The molecule has 1 aliphatic heterocycles. The van der Waals surface area contributed by atoms with E-state index in [1.807, 2.05) is 0 Å². The third-order valence-corrected chi connectivity index (χ3v) is 6.98. The molecule has 19 heavy (non-hydrogen) atoms. The summed E-state index contributed by atoms with van der Waals surface area (Å²) in [5.41, 5.74) is 1.38. The maximum atomic E-state index is 3.51. The van der Waals surface area contributed by atoms with Crippen molar-refractivity contribution in [1.29, 1.82) is 0 Å². The van der Waals surface area contributed by atoms with E-state index in [-0.39, 0.29) is 0 Å². The molecule has 1 saturated heterocycles. The fourth-order valence-corrected chi connectivity index (χ4v) is 6.74. The summed E-state index contributed by atoms with van der Waals surface area (Å²) in [6.07, 6.45) is 9.26. The predicted molar refractivity (Wildman–Crippen MR) is 79.1 cm³/mol. The SMILES string of the molecule is CC(N1CCNCC1)C12CC3CC(CC(C)(C3)C1)C2. The van der Waals surface area contributed by atoms with Crippen LogP contribution in [0.3, 0.4) is 0 Å². The van der Waals surface area contributed by atoms with Crippen LogP contribution in [0.25, 0.3) is 0 Å². The third-order valence-electron chi connectivity index (χ3n) is 6.98. The van der Waals surface area contributed by atoms with Crippen LogP contribution in [0.2, 0.25) is 0 Å². The van der Waals surface area contributed by atoms with Crippen molar-refractivity contribution in [2.24, 2.45) is 22.7 Å². The Morgan fingerprint density at radius 3 is 2.26 bits per heavy atom. The smallest absolute Gasteiger partial charge is 0.0125 e. The molecule has 0 radical (unpaired) electrons. The molecule has 0 amide bonds. The van der Waals surface area contributed by atoms with Crippen molar-refractivity contribution in [3.05, 3.63) is 0 Å². The summed E-state index contributed by atoms with van der Waals surface area (Å²) < 4.78 is 0. The van der Waals surface area contributed by atoms with E-state index in [2.05, 4.69) is 24.1 Å². The number of piperazine rings is 1. The van der Waals surface area contributed by atoms with Gasteiger partial charge in [-0.1, -0.05) is 6.92 Å². The second-order valence-corrected chi connectivity index (χ2v) is 8.60. The molecule has 1 heterocycles. The first-order chi connectivity index (χ1) is 9.09. The zero-order valence-electron chi connectivity index (χ0n) is 12.8. The maximum Gasteiger partial charge on any atom is 0.0125 e. The summed E-state index contributed by atoms with van der Waals surface area (Å²) in [6.45, 7) is 10.1. The van der Waals surface area contributed by atoms with E-state index < -0.39 is 0 Å². The lowest BCUT2D eigenvalue weighted by molar-refractivity contribution is -0.135. The van der Waals surface area contributed by atoms with Gasteiger partial charge in [-0.15, -0.1) is 0 Å². The van der Waals surface area contributed by atoms with Crippen LogP contribution >= 0.6 is 0 Å². The number of nitrogens with zero attached hydrogens (tertiary/aromatic N) is 1. The lowest BCUT2D eigenvalue weighted by Gasteiger charge is -2.64. The highest BCUT2D eigenvalue weighted by molar-refractivity contribution is 5.09. The van der Waals surface area contributed by atoms with Gasteiger partial charge in [-0.2, -0.15) is 0 Å². The van der Waals surface area contributed by atoms with E-state index in [0.29, 0.717) is 10.8 Å². The first kappa shape index (κ1) is 12.6. The Labute approximate surface area is 118 Å². The van der Waals surface area contributed by atoms with Gasteiger partial charge < -0.3 is 5.32 Å². The van der Waals surface area contributed by atoms with Crippen molar-refractivity contribution in [3.8, 4) is 0 Å². The van der Waals surface area contributed by atoms with Crippen LogP contribution in [0.5, 0.6) is 0 Å². The molecule has 1 N–H and O–H groups in total. The van der Waals surface area contributed by atoms with Crippen molar-refractivity contribution < 1.29 is 0 Å². The quantitative estimate of drug-likeness (QED) is 0.823. The van der Waals surface area contributed by atoms with Crippen molar-refractivity contribution in [2.75, 3.05) is 26.2 Å². The van der Waals surface area contributed by atoms with Gasteiger partial charge in [0.05, 0.1) is 0 Å². The summed E-state index contributed by atoms with van der Waals surface area (Å²) >= 11 is 0. The van der Waals surface area contributed by atoms with Crippen molar-refractivity contribution >= 4 is 0 Å². The average molecular weight is 262 g/mol. The normalized spacial score (nSPS) is 51.5. The van der Waals surface area contributed by atoms with Gasteiger partial charge >= 0.3 is 0 Å². The van der Waals surface area contributed by atoms with Crippen LogP contribution in [-0.2, 0) is 0 Å². The fraction of sp³-hybridized carbons (Fsp3) is 1.00. The summed E-state index contributed by atoms with van der Waals surface area (Å²) in [7, 11) is 0. The minimum absolute atomic E-state index is 0.677. The second kappa shape index (κ2) is 4.21. The van der Waals surface area contributed by atoms with E-state index in [4.69, 9.17) is 0 Å². The van der Waals surface area contributed by atoms with E-state index in [0.717, 1.165) is 17.9 Å². The average Bonchev–Trinajstić information content (AvgIpc) is 2.36. The second-order valence-electron chi connectivity index (χ2n) is 8.60. The van der Waals surface area contributed by atoms with Gasteiger partial charge in [0.25, 0.3) is 0 Å². The van der Waals surface area contributed by atoms with Crippen molar-refractivity contribution in [2.45, 2.75) is 58.4 Å². The Bertz CT molecular complexity index is 344. The number of nitrogens with one attached hydrogen (secondary N) is 1. The highest BCUT2D eigenvalue weighted by Gasteiger charge is 2.58. The molecule has 3 atom stereocenters. The molecule has 3 unspecified atom stereocenters. The van der Waals surface area contributed by atoms with Gasteiger partial charge in [0.1, 0.15) is 0 Å². The molecule has 4 saturated carbocycles. The van der Waals surface area contributed by atoms with Crippen LogP contribution < -0.4 is 5.32 Å². The van der Waals surface area contributed by atoms with E-state index in [1.165, 1.54) is 32.6 Å². The van der Waals surface area contributed by atoms with Crippen molar-refractivity contribution in [3.63, 3.8) is 0 Å². The minimum atomic E-state index is 0.677. The fourth-order valence-electron chi connectivity index (χ4n) is 6.74. The van der Waals surface area contributed by atoms with Gasteiger partial charge in [-0.3, -0.25) is 4.90 Å². The maximum absolute atomic E-state index is 3.51. The first-order valence-corrected chi connectivity index (χ1v) is 8.53. The summed E-state index contributed by atoms with van der Waals surface area (Å²) in [6, 6.07) is 0.819. The molecule has 0 aromatic carbocycles. The predicted octanol–water partition coefficient (Wildman–Crippen LogP) is 2.89. The van der Waals surface area contributed by atoms with Crippen LogP contribution in [-0.4, -0.2) is 37.1 Å². The molecular formula is C17H30N2. The number of rotatable bonds is 2. The largest absolute Gasteiger partial charge is 0.314 e. The summed E-state index contributed by atoms with van der Waals surface area (Å²) in [5.74, 6) is 2.13. The molecule has 0 aromatic heterocycles. The molecule has 0 aromatic rings. The lowest BCUT2D eigenvalue weighted by atomic mass is 9.43. The Hall–Kier alpha value is -0.0800. The highest BCUT2D eigenvalue weighted by atomic mass is 15.2. The molecule has 0 spiro atoms. The first-order valence-electron chi connectivity index (χ1n) is 8.53. The van der Waals surface area contributed by atoms with E-state index in [9.17, 15) is 0 Å². The molecule has 2 nitrogen and oxygen atoms in total. The molecule has 5 rings (SSSR count). The molecule has 108 valence electrons. The molecule has 5 fully saturated rings. The number of hydrogen-bond donors (Lipinski definition) is 1. The summed E-state index contributed by atoms with van der Waals surface area (Å²) in [5, 5.41) is 3.51. The van der Waals surface area contributed by atoms with E-state index >= 15 is 0 Å². The van der Waals surface area contributed by atoms with Crippen LogP contribution in [0, 0.1) is 22.7 Å².